The molecule has 0 saturated carbocycles. The average molecular weight is 256 g/mol. The summed E-state index contributed by atoms with van der Waals surface area (Å²) in [6.07, 6.45) is 0. The topological polar surface area (TPSA) is 4.93 Å². The van der Waals surface area contributed by atoms with Crippen molar-refractivity contribution in [3.05, 3.63) is 59.6 Å². The number of aromatic nitrogens is 1. The fourth-order valence-corrected chi connectivity index (χ4v) is 2.61. The van der Waals surface area contributed by atoms with E-state index in [1.165, 1.54) is 22.2 Å². The Bertz CT molecular complexity index is 683. The van der Waals surface area contributed by atoms with Crippen molar-refractivity contribution in [1.82, 2.24) is 4.57 Å². The lowest BCUT2D eigenvalue weighted by Gasteiger charge is -2.07. The third-order valence-corrected chi connectivity index (χ3v) is 3.48. The zero-order valence-corrected chi connectivity index (χ0v) is 11.0. The molecular formula is C16H14ClN. The number of hydrogen-bond acceptors (Lipinski definition) is 0. The minimum Gasteiger partial charge on any atom is -0.341 e. The molecule has 1 heterocycles. The van der Waals surface area contributed by atoms with Crippen LogP contribution in [-0.2, 0) is 6.54 Å². The molecule has 0 amide bonds. The van der Waals surface area contributed by atoms with Gasteiger partial charge in [0.25, 0.3) is 0 Å². The number of nitrogens with zero attached hydrogens (tertiary/aromatic N) is 1. The Kier molecular flexibility index (Phi) is 2.85. The third-order valence-electron chi connectivity index (χ3n) is 3.25. The highest BCUT2D eigenvalue weighted by Crippen LogP contribution is 2.29. The molecule has 2 aromatic carbocycles. The fourth-order valence-electron chi connectivity index (χ4n) is 2.43. The number of hydrogen-bond donors (Lipinski definition) is 0. The van der Waals surface area contributed by atoms with Crippen LogP contribution in [0.3, 0.4) is 0 Å². The van der Waals surface area contributed by atoms with E-state index in [0.717, 1.165) is 11.6 Å². The summed E-state index contributed by atoms with van der Waals surface area (Å²) < 4.78 is 2.32. The average Bonchev–Trinajstić information content (AvgIpc) is 2.77. The van der Waals surface area contributed by atoms with Crippen LogP contribution in [0.4, 0.5) is 0 Å². The molecule has 0 atom stereocenters. The van der Waals surface area contributed by atoms with Gasteiger partial charge >= 0.3 is 0 Å². The Morgan fingerprint density at radius 1 is 1.00 bits per heavy atom. The van der Waals surface area contributed by atoms with E-state index >= 15 is 0 Å². The highest BCUT2D eigenvalue weighted by atomic mass is 35.5. The molecule has 3 rings (SSSR count). The third kappa shape index (κ3) is 1.81. The molecule has 1 aromatic heterocycles. The molecule has 2 heteroatoms. The summed E-state index contributed by atoms with van der Waals surface area (Å²) in [5, 5.41) is 1.98. The van der Waals surface area contributed by atoms with Crippen molar-refractivity contribution < 1.29 is 0 Å². The van der Waals surface area contributed by atoms with E-state index in [1.54, 1.807) is 0 Å². The van der Waals surface area contributed by atoms with Crippen molar-refractivity contribution in [2.75, 3.05) is 0 Å². The van der Waals surface area contributed by atoms with Crippen LogP contribution in [0.1, 0.15) is 6.92 Å². The van der Waals surface area contributed by atoms with E-state index in [-0.39, 0.29) is 0 Å². The molecule has 90 valence electrons. The fraction of sp³-hybridized carbons (Fsp3) is 0.125. The lowest BCUT2D eigenvalue weighted by molar-refractivity contribution is 0.805. The van der Waals surface area contributed by atoms with Gasteiger partial charge in [-0.2, -0.15) is 0 Å². The molecule has 0 aliphatic rings. The van der Waals surface area contributed by atoms with Gasteiger partial charge in [-0.1, -0.05) is 41.9 Å². The maximum Gasteiger partial charge on any atom is 0.0491 e. The summed E-state index contributed by atoms with van der Waals surface area (Å²) in [7, 11) is 0. The van der Waals surface area contributed by atoms with Crippen molar-refractivity contribution in [3.63, 3.8) is 0 Å². The van der Waals surface area contributed by atoms with Crippen LogP contribution < -0.4 is 0 Å². The van der Waals surface area contributed by atoms with Gasteiger partial charge in [-0.05, 0) is 36.8 Å². The van der Waals surface area contributed by atoms with Crippen LogP contribution in [0.15, 0.2) is 54.6 Å². The van der Waals surface area contributed by atoms with Crippen molar-refractivity contribution >= 4 is 22.5 Å². The monoisotopic (exact) mass is 255 g/mol. The van der Waals surface area contributed by atoms with Gasteiger partial charge in [-0.3, -0.25) is 0 Å². The van der Waals surface area contributed by atoms with Gasteiger partial charge < -0.3 is 4.57 Å². The smallest absolute Gasteiger partial charge is 0.0491 e. The Labute approximate surface area is 112 Å². The first kappa shape index (κ1) is 11.4. The van der Waals surface area contributed by atoms with Crippen LogP contribution in [0.2, 0.25) is 5.02 Å². The number of aryl methyl sites for hydroxylation is 1. The second-order valence-electron chi connectivity index (χ2n) is 4.34. The summed E-state index contributed by atoms with van der Waals surface area (Å²) in [5.74, 6) is 0. The predicted octanol–water partition coefficient (Wildman–Crippen LogP) is 4.98. The standard InChI is InChI=1S/C16H14ClN/c1-2-18-15-9-8-14(17)10-13(15)11-16(18)12-6-4-3-5-7-12/h3-11H,2H2,1H3. The van der Waals surface area contributed by atoms with E-state index in [1.807, 2.05) is 18.2 Å². The lowest BCUT2D eigenvalue weighted by atomic mass is 10.1. The molecule has 0 fully saturated rings. The van der Waals surface area contributed by atoms with Crippen LogP contribution in [-0.4, -0.2) is 4.57 Å². The van der Waals surface area contributed by atoms with Crippen LogP contribution in [0.25, 0.3) is 22.2 Å². The van der Waals surface area contributed by atoms with Crippen LogP contribution in [0, 0.1) is 0 Å². The Morgan fingerprint density at radius 2 is 1.78 bits per heavy atom. The van der Waals surface area contributed by atoms with Gasteiger partial charge in [0.15, 0.2) is 0 Å². The predicted molar refractivity (Wildman–Crippen MR) is 78.1 cm³/mol. The second kappa shape index (κ2) is 4.51. The van der Waals surface area contributed by atoms with Gasteiger partial charge in [0.05, 0.1) is 0 Å². The largest absolute Gasteiger partial charge is 0.341 e. The number of halogens is 1. The second-order valence-corrected chi connectivity index (χ2v) is 4.78. The highest BCUT2D eigenvalue weighted by molar-refractivity contribution is 6.31. The number of fused-ring (bicyclic) bond motifs is 1. The molecule has 1 nitrogen and oxygen atoms in total. The summed E-state index contributed by atoms with van der Waals surface area (Å²) >= 11 is 6.06. The van der Waals surface area contributed by atoms with E-state index in [9.17, 15) is 0 Å². The quantitative estimate of drug-likeness (QED) is 0.609. The SMILES string of the molecule is CCn1c(-c2ccccc2)cc2cc(Cl)ccc21. The van der Waals surface area contributed by atoms with Crippen molar-refractivity contribution in [3.8, 4) is 11.3 Å². The van der Waals surface area contributed by atoms with E-state index in [2.05, 4.69) is 47.9 Å². The van der Waals surface area contributed by atoms with Gasteiger partial charge in [0.1, 0.15) is 0 Å². The molecule has 3 aromatic rings. The zero-order chi connectivity index (χ0) is 12.5. The molecular weight excluding hydrogens is 242 g/mol. The molecule has 18 heavy (non-hydrogen) atoms. The molecule has 0 bridgehead atoms. The summed E-state index contributed by atoms with van der Waals surface area (Å²) in [6.45, 7) is 3.12. The zero-order valence-electron chi connectivity index (χ0n) is 10.2. The Hall–Kier alpha value is -1.73. The first-order valence-corrected chi connectivity index (χ1v) is 6.51. The maximum absolute atomic E-state index is 6.06. The van der Waals surface area contributed by atoms with Gasteiger partial charge in [0, 0.05) is 28.2 Å². The van der Waals surface area contributed by atoms with Gasteiger partial charge in [0.2, 0.25) is 0 Å². The molecule has 0 spiro atoms. The van der Waals surface area contributed by atoms with Crippen molar-refractivity contribution in [1.29, 1.82) is 0 Å². The first-order chi connectivity index (χ1) is 8.79. The lowest BCUT2D eigenvalue weighted by Crippen LogP contribution is -1.96. The van der Waals surface area contributed by atoms with Crippen LogP contribution >= 0.6 is 11.6 Å². The van der Waals surface area contributed by atoms with Crippen molar-refractivity contribution in [2.24, 2.45) is 0 Å². The minimum absolute atomic E-state index is 0.787. The molecule has 0 saturated heterocycles. The Morgan fingerprint density at radius 3 is 2.50 bits per heavy atom. The normalized spacial score (nSPS) is 11.0. The van der Waals surface area contributed by atoms with E-state index < -0.39 is 0 Å². The van der Waals surface area contributed by atoms with Crippen molar-refractivity contribution in [2.45, 2.75) is 13.5 Å². The van der Waals surface area contributed by atoms with E-state index in [4.69, 9.17) is 11.6 Å². The Balaban J connectivity index is 2.29. The summed E-state index contributed by atoms with van der Waals surface area (Å²) in [5.41, 5.74) is 3.72. The molecule has 0 aliphatic carbocycles. The summed E-state index contributed by atoms with van der Waals surface area (Å²) in [6, 6.07) is 18.7. The van der Waals surface area contributed by atoms with Crippen LogP contribution in [0.5, 0.6) is 0 Å². The molecule has 0 N–H and O–H groups in total. The highest BCUT2D eigenvalue weighted by Gasteiger charge is 2.09. The van der Waals surface area contributed by atoms with Gasteiger partial charge in [-0.25, -0.2) is 0 Å². The summed E-state index contributed by atoms with van der Waals surface area (Å²) in [4.78, 5) is 0. The maximum atomic E-state index is 6.06. The molecule has 0 aliphatic heterocycles. The molecule has 0 radical (unpaired) electrons. The first-order valence-electron chi connectivity index (χ1n) is 6.14. The van der Waals surface area contributed by atoms with Gasteiger partial charge in [-0.15, -0.1) is 0 Å². The molecule has 0 unspecified atom stereocenters. The van der Waals surface area contributed by atoms with E-state index in [0.29, 0.717) is 0 Å². The number of rotatable bonds is 2. The number of benzene rings is 2. The minimum atomic E-state index is 0.787.